The van der Waals surface area contributed by atoms with Crippen LogP contribution in [0.25, 0.3) is 0 Å². The van der Waals surface area contributed by atoms with Crippen LogP contribution in [0.3, 0.4) is 0 Å². The SMILES string of the molecule is CN(C)CC1CCCCC1NC(=O)CNC(=O)c1cccs1. The highest BCUT2D eigenvalue weighted by Crippen LogP contribution is 2.24. The van der Waals surface area contributed by atoms with Gasteiger partial charge >= 0.3 is 0 Å². The lowest BCUT2D eigenvalue weighted by molar-refractivity contribution is -0.121. The standard InChI is InChI=1S/C16H25N3O2S/c1-19(2)11-12-6-3-4-7-13(12)18-15(20)10-17-16(21)14-8-5-9-22-14/h5,8-9,12-13H,3-4,6-7,10-11H2,1-2H3,(H,17,21)(H,18,20). The Hall–Kier alpha value is -1.40. The van der Waals surface area contributed by atoms with Gasteiger partial charge in [-0.05, 0) is 44.3 Å². The van der Waals surface area contributed by atoms with E-state index in [0.717, 1.165) is 25.8 Å². The molecule has 122 valence electrons. The maximum Gasteiger partial charge on any atom is 0.261 e. The third kappa shape index (κ3) is 5.10. The summed E-state index contributed by atoms with van der Waals surface area (Å²) in [5.41, 5.74) is 0. The smallest absolute Gasteiger partial charge is 0.261 e. The van der Waals surface area contributed by atoms with Gasteiger partial charge in [-0.2, -0.15) is 0 Å². The quantitative estimate of drug-likeness (QED) is 0.838. The zero-order valence-corrected chi connectivity index (χ0v) is 14.1. The molecule has 0 spiro atoms. The summed E-state index contributed by atoms with van der Waals surface area (Å²) in [4.78, 5) is 26.7. The Balaban J connectivity index is 1.78. The average Bonchev–Trinajstić information content (AvgIpc) is 3.00. The average molecular weight is 323 g/mol. The highest BCUT2D eigenvalue weighted by molar-refractivity contribution is 7.12. The van der Waals surface area contributed by atoms with Crippen molar-refractivity contribution in [3.63, 3.8) is 0 Å². The van der Waals surface area contributed by atoms with Crippen LogP contribution in [0.1, 0.15) is 35.4 Å². The van der Waals surface area contributed by atoms with Gasteiger partial charge in [0.05, 0.1) is 11.4 Å². The summed E-state index contributed by atoms with van der Waals surface area (Å²) in [6.45, 7) is 1.04. The van der Waals surface area contributed by atoms with Gasteiger partial charge in [-0.3, -0.25) is 9.59 Å². The first-order valence-electron chi connectivity index (χ1n) is 7.82. The molecule has 0 aliphatic heterocycles. The third-order valence-corrected chi connectivity index (χ3v) is 4.88. The van der Waals surface area contributed by atoms with E-state index in [1.54, 1.807) is 6.07 Å². The molecular formula is C16H25N3O2S. The van der Waals surface area contributed by atoms with E-state index >= 15 is 0 Å². The summed E-state index contributed by atoms with van der Waals surface area (Å²) in [5, 5.41) is 7.63. The van der Waals surface area contributed by atoms with Gasteiger partial charge < -0.3 is 15.5 Å². The Morgan fingerprint density at radius 2 is 2.09 bits per heavy atom. The largest absolute Gasteiger partial charge is 0.352 e. The molecule has 22 heavy (non-hydrogen) atoms. The number of rotatable bonds is 6. The molecule has 1 saturated carbocycles. The van der Waals surface area contributed by atoms with E-state index in [1.807, 2.05) is 11.4 Å². The normalized spacial score (nSPS) is 21.6. The highest BCUT2D eigenvalue weighted by atomic mass is 32.1. The Morgan fingerprint density at radius 3 is 2.77 bits per heavy atom. The molecule has 1 heterocycles. The summed E-state index contributed by atoms with van der Waals surface area (Å²) in [6.07, 6.45) is 4.59. The minimum absolute atomic E-state index is 0.0436. The van der Waals surface area contributed by atoms with Crippen molar-refractivity contribution in [3.8, 4) is 0 Å². The summed E-state index contributed by atoms with van der Waals surface area (Å²) in [7, 11) is 4.13. The number of carbonyl (C=O) groups excluding carboxylic acids is 2. The molecule has 2 rings (SSSR count). The van der Waals surface area contributed by atoms with Gasteiger partial charge in [0.1, 0.15) is 0 Å². The van der Waals surface area contributed by atoms with Crippen molar-refractivity contribution >= 4 is 23.2 Å². The third-order valence-electron chi connectivity index (χ3n) is 4.01. The number of nitrogens with zero attached hydrogens (tertiary/aromatic N) is 1. The first kappa shape index (κ1) is 17.0. The second-order valence-corrected chi connectivity index (χ2v) is 7.09. The van der Waals surface area contributed by atoms with Gasteiger partial charge in [0.2, 0.25) is 5.91 Å². The first-order chi connectivity index (χ1) is 10.6. The van der Waals surface area contributed by atoms with Crippen LogP contribution in [0.5, 0.6) is 0 Å². The molecule has 6 heteroatoms. The van der Waals surface area contributed by atoms with Crippen molar-refractivity contribution in [2.75, 3.05) is 27.2 Å². The number of thiophene rings is 1. The molecule has 0 saturated heterocycles. The maximum absolute atomic E-state index is 12.1. The Bertz CT molecular complexity index is 488. The van der Waals surface area contributed by atoms with E-state index in [1.165, 1.54) is 17.8 Å². The predicted octanol–water partition coefficient (Wildman–Crippen LogP) is 1.71. The fourth-order valence-corrected chi connectivity index (χ4v) is 3.64. The van der Waals surface area contributed by atoms with Crippen LogP contribution in [0, 0.1) is 5.92 Å². The van der Waals surface area contributed by atoms with Gasteiger partial charge in [-0.25, -0.2) is 0 Å². The number of amides is 2. The van der Waals surface area contributed by atoms with Crippen LogP contribution in [0.2, 0.25) is 0 Å². The topological polar surface area (TPSA) is 61.4 Å². The molecule has 1 fully saturated rings. The minimum atomic E-state index is -0.182. The molecule has 2 atom stereocenters. The van der Waals surface area contributed by atoms with Crippen molar-refractivity contribution in [1.29, 1.82) is 0 Å². The van der Waals surface area contributed by atoms with Gasteiger partial charge in [0.15, 0.2) is 0 Å². The van der Waals surface area contributed by atoms with Crippen molar-refractivity contribution in [2.45, 2.75) is 31.7 Å². The molecule has 0 radical (unpaired) electrons. The predicted molar refractivity (Wildman–Crippen MR) is 89.1 cm³/mol. The van der Waals surface area contributed by atoms with Crippen molar-refractivity contribution < 1.29 is 9.59 Å². The van der Waals surface area contributed by atoms with Crippen molar-refractivity contribution in [2.24, 2.45) is 5.92 Å². The molecule has 1 aromatic rings. The van der Waals surface area contributed by atoms with Crippen LogP contribution in [-0.2, 0) is 4.79 Å². The molecule has 1 aromatic heterocycles. The lowest BCUT2D eigenvalue weighted by Gasteiger charge is -2.34. The summed E-state index contributed by atoms with van der Waals surface area (Å²) < 4.78 is 0. The Kier molecular flexibility index (Phi) is 6.39. The molecule has 1 aliphatic carbocycles. The number of nitrogens with one attached hydrogen (secondary N) is 2. The minimum Gasteiger partial charge on any atom is -0.352 e. The molecule has 2 amide bonds. The molecule has 0 aromatic carbocycles. The van der Waals surface area contributed by atoms with E-state index in [0.29, 0.717) is 10.8 Å². The Morgan fingerprint density at radius 1 is 1.32 bits per heavy atom. The number of hydrogen-bond donors (Lipinski definition) is 2. The zero-order chi connectivity index (χ0) is 15.9. The monoisotopic (exact) mass is 323 g/mol. The highest BCUT2D eigenvalue weighted by Gasteiger charge is 2.26. The number of hydrogen-bond acceptors (Lipinski definition) is 4. The molecule has 2 unspecified atom stereocenters. The molecule has 2 N–H and O–H groups in total. The van der Waals surface area contributed by atoms with Crippen molar-refractivity contribution in [1.82, 2.24) is 15.5 Å². The van der Waals surface area contributed by atoms with Crippen LogP contribution in [-0.4, -0.2) is 49.9 Å². The summed E-state index contributed by atoms with van der Waals surface area (Å²) >= 11 is 1.38. The first-order valence-corrected chi connectivity index (χ1v) is 8.70. The van der Waals surface area contributed by atoms with Crippen LogP contribution < -0.4 is 10.6 Å². The van der Waals surface area contributed by atoms with Gasteiger partial charge in [0, 0.05) is 12.6 Å². The van der Waals surface area contributed by atoms with Gasteiger partial charge in [-0.1, -0.05) is 18.9 Å². The Labute approximate surface area is 136 Å². The maximum atomic E-state index is 12.1. The lowest BCUT2D eigenvalue weighted by atomic mass is 9.84. The molecule has 0 bridgehead atoms. The zero-order valence-electron chi connectivity index (χ0n) is 13.3. The van der Waals surface area contributed by atoms with E-state index in [4.69, 9.17) is 0 Å². The number of carbonyl (C=O) groups is 2. The van der Waals surface area contributed by atoms with Gasteiger partial charge in [-0.15, -0.1) is 11.3 Å². The van der Waals surface area contributed by atoms with E-state index in [2.05, 4.69) is 29.6 Å². The second kappa shape index (κ2) is 8.29. The fourth-order valence-electron chi connectivity index (χ4n) is 3.00. The van der Waals surface area contributed by atoms with E-state index < -0.39 is 0 Å². The molecule has 5 nitrogen and oxygen atoms in total. The van der Waals surface area contributed by atoms with E-state index in [-0.39, 0.29) is 24.4 Å². The van der Waals surface area contributed by atoms with Gasteiger partial charge in [0.25, 0.3) is 5.91 Å². The van der Waals surface area contributed by atoms with Crippen LogP contribution in [0.4, 0.5) is 0 Å². The summed E-state index contributed by atoms with van der Waals surface area (Å²) in [5.74, 6) is 0.222. The van der Waals surface area contributed by atoms with Crippen molar-refractivity contribution in [3.05, 3.63) is 22.4 Å². The second-order valence-electron chi connectivity index (χ2n) is 6.14. The lowest BCUT2D eigenvalue weighted by Crippen LogP contribution is -2.48. The molecule has 1 aliphatic rings. The fraction of sp³-hybridized carbons (Fsp3) is 0.625. The van der Waals surface area contributed by atoms with Crippen LogP contribution >= 0.6 is 11.3 Å². The molecular weight excluding hydrogens is 298 g/mol. The van der Waals surface area contributed by atoms with E-state index in [9.17, 15) is 9.59 Å². The summed E-state index contributed by atoms with van der Waals surface area (Å²) in [6, 6.07) is 3.81. The van der Waals surface area contributed by atoms with Crippen LogP contribution in [0.15, 0.2) is 17.5 Å².